The zero-order valence-electron chi connectivity index (χ0n) is 6.87. The van der Waals surface area contributed by atoms with Crippen LogP contribution >= 0.6 is 33.3 Å². The van der Waals surface area contributed by atoms with E-state index in [4.69, 9.17) is 10.7 Å². The summed E-state index contributed by atoms with van der Waals surface area (Å²) in [5, 5.41) is -0.647. The molecular formula is C8H8ClIO2S. The molecule has 0 heterocycles. The molecule has 0 aromatic heterocycles. The molecule has 72 valence electrons. The molecule has 0 amide bonds. The molecule has 1 aromatic carbocycles. The van der Waals surface area contributed by atoms with Crippen molar-refractivity contribution in [3.8, 4) is 0 Å². The van der Waals surface area contributed by atoms with Crippen LogP contribution in [0.3, 0.4) is 0 Å². The molecule has 0 bridgehead atoms. The van der Waals surface area contributed by atoms with Gasteiger partial charge in [-0.1, -0.05) is 12.1 Å². The first-order valence-corrected chi connectivity index (χ1v) is 7.05. The molecule has 0 spiro atoms. The fraction of sp³-hybridized carbons (Fsp3) is 0.250. The molecule has 0 aliphatic rings. The van der Waals surface area contributed by atoms with E-state index in [0.717, 1.165) is 9.13 Å². The summed E-state index contributed by atoms with van der Waals surface area (Å²) < 4.78 is 23.0. The summed E-state index contributed by atoms with van der Waals surface area (Å²) in [7, 11) is 1.73. The largest absolute Gasteiger partial charge is 0.239 e. The third-order valence-corrected chi connectivity index (χ3v) is 4.40. The Morgan fingerprint density at radius 2 is 1.77 bits per heavy atom. The summed E-state index contributed by atoms with van der Waals surface area (Å²) in [4.78, 5) is 0. The molecule has 2 nitrogen and oxygen atoms in total. The van der Waals surface area contributed by atoms with E-state index in [1.165, 1.54) is 0 Å². The maximum absolute atomic E-state index is 11.0. The van der Waals surface area contributed by atoms with Crippen molar-refractivity contribution in [2.24, 2.45) is 0 Å². The van der Waals surface area contributed by atoms with Crippen molar-refractivity contribution in [2.75, 3.05) is 0 Å². The molecule has 13 heavy (non-hydrogen) atoms. The van der Waals surface area contributed by atoms with Crippen molar-refractivity contribution in [3.05, 3.63) is 33.4 Å². The Hall–Kier alpha value is 0.190. The van der Waals surface area contributed by atoms with E-state index >= 15 is 0 Å². The lowest BCUT2D eigenvalue weighted by atomic mass is 10.2. The van der Waals surface area contributed by atoms with Crippen molar-refractivity contribution >= 4 is 42.3 Å². The van der Waals surface area contributed by atoms with Crippen LogP contribution in [0.1, 0.15) is 17.7 Å². The van der Waals surface area contributed by atoms with Gasteiger partial charge >= 0.3 is 0 Å². The number of halogens is 2. The van der Waals surface area contributed by atoms with Gasteiger partial charge in [0.1, 0.15) is 0 Å². The molecule has 0 saturated carbocycles. The van der Waals surface area contributed by atoms with Crippen LogP contribution in [0.2, 0.25) is 0 Å². The molecule has 5 heteroatoms. The monoisotopic (exact) mass is 330 g/mol. The molecule has 0 aliphatic carbocycles. The van der Waals surface area contributed by atoms with E-state index in [1.807, 2.05) is 12.1 Å². The Labute approximate surface area is 95.9 Å². The van der Waals surface area contributed by atoms with Gasteiger partial charge in [-0.15, -0.1) is 0 Å². The number of hydrogen-bond acceptors (Lipinski definition) is 2. The lowest BCUT2D eigenvalue weighted by Crippen LogP contribution is -2.02. The first-order valence-electron chi connectivity index (χ1n) is 3.60. The standard InChI is InChI=1S/C8H8ClIO2S/c1-6(13(9,11)12)7-2-4-8(10)5-3-7/h2-6H,1H3. The smallest absolute Gasteiger partial charge is 0.212 e. The van der Waals surface area contributed by atoms with Crippen molar-refractivity contribution in [1.29, 1.82) is 0 Å². The van der Waals surface area contributed by atoms with Crippen LogP contribution in [0.4, 0.5) is 0 Å². The fourth-order valence-corrected chi connectivity index (χ4v) is 2.05. The summed E-state index contributed by atoms with van der Waals surface area (Å²) in [6.07, 6.45) is 0. The summed E-state index contributed by atoms with van der Waals surface area (Å²) in [6, 6.07) is 7.25. The Morgan fingerprint density at radius 1 is 1.31 bits per heavy atom. The molecule has 1 atom stereocenters. The SMILES string of the molecule is CC(c1ccc(I)cc1)S(=O)(=O)Cl. The number of hydrogen-bond donors (Lipinski definition) is 0. The normalized spacial score (nSPS) is 14.1. The van der Waals surface area contributed by atoms with Crippen LogP contribution in [0.25, 0.3) is 0 Å². The highest BCUT2D eigenvalue weighted by Crippen LogP contribution is 2.25. The lowest BCUT2D eigenvalue weighted by Gasteiger charge is -2.07. The molecule has 1 aromatic rings. The van der Waals surface area contributed by atoms with Crippen molar-refractivity contribution in [3.63, 3.8) is 0 Å². The Bertz CT molecular complexity index is 385. The van der Waals surface area contributed by atoms with E-state index in [-0.39, 0.29) is 0 Å². The molecular weight excluding hydrogens is 323 g/mol. The van der Waals surface area contributed by atoms with E-state index in [2.05, 4.69) is 22.6 Å². The van der Waals surface area contributed by atoms with E-state index in [1.54, 1.807) is 19.1 Å². The first-order chi connectivity index (χ1) is 5.91. The molecule has 0 saturated heterocycles. The van der Waals surface area contributed by atoms with Gasteiger partial charge in [0.15, 0.2) is 0 Å². The molecule has 0 radical (unpaired) electrons. The summed E-state index contributed by atoms with van der Waals surface area (Å²) in [5.41, 5.74) is 0.718. The van der Waals surface area contributed by atoms with Gasteiger partial charge in [-0.25, -0.2) is 8.42 Å². The van der Waals surface area contributed by atoms with Crippen molar-refractivity contribution < 1.29 is 8.42 Å². The number of benzene rings is 1. The van der Waals surface area contributed by atoms with Gasteiger partial charge in [0.05, 0.1) is 5.25 Å². The van der Waals surface area contributed by atoms with Crippen LogP contribution in [-0.4, -0.2) is 8.42 Å². The summed E-state index contributed by atoms with van der Waals surface area (Å²) in [6.45, 7) is 1.57. The third kappa shape index (κ3) is 3.11. The number of rotatable bonds is 2. The van der Waals surface area contributed by atoms with Gasteiger partial charge in [-0.3, -0.25) is 0 Å². The molecule has 1 rings (SSSR count). The summed E-state index contributed by atoms with van der Waals surface area (Å²) >= 11 is 2.16. The lowest BCUT2D eigenvalue weighted by molar-refractivity contribution is 0.600. The minimum atomic E-state index is -3.50. The maximum Gasteiger partial charge on any atom is 0.239 e. The Balaban J connectivity index is 3.04. The minimum absolute atomic E-state index is 0.647. The first kappa shape index (κ1) is 11.3. The summed E-state index contributed by atoms with van der Waals surface area (Å²) in [5.74, 6) is 0. The Morgan fingerprint density at radius 3 is 2.15 bits per heavy atom. The minimum Gasteiger partial charge on any atom is -0.212 e. The zero-order chi connectivity index (χ0) is 10.1. The van der Waals surface area contributed by atoms with Crippen molar-refractivity contribution in [1.82, 2.24) is 0 Å². The van der Waals surface area contributed by atoms with Crippen LogP contribution in [-0.2, 0) is 9.05 Å². The topological polar surface area (TPSA) is 34.1 Å². The molecule has 0 N–H and O–H groups in total. The van der Waals surface area contributed by atoms with Gasteiger partial charge in [0.2, 0.25) is 9.05 Å². The second-order valence-electron chi connectivity index (χ2n) is 2.67. The highest BCUT2D eigenvalue weighted by molar-refractivity contribution is 14.1. The highest BCUT2D eigenvalue weighted by atomic mass is 127. The van der Waals surface area contributed by atoms with Crippen molar-refractivity contribution in [2.45, 2.75) is 12.2 Å². The Kier molecular flexibility index (Phi) is 3.59. The van der Waals surface area contributed by atoms with Crippen LogP contribution in [0, 0.1) is 3.57 Å². The van der Waals surface area contributed by atoms with E-state index in [0.29, 0.717) is 0 Å². The molecule has 0 fully saturated rings. The second kappa shape index (κ2) is 4.14. The highest BCUT2D eigenvalue weighted by Gasteiger charge is 2.18. The maximum atomic E-state index is 11.0. The predicted octanol–water partition coefficient (Wildman–Crippen LogP) is 2.92. The molecule has 0 aliphatic heterocycles. The average molecular weight is 331 g/mol. The third-order valence-electron chi connectivity index (χ3n) is 1.76. The quantitative estimate of drug-likeness (QED) is 0.617. The average Bonchev–Trinajstić information content (AvgIpc) is 2.03. The van der Waals surface area contributed by atoms with Crippen LogP contribution in [0.15, 0.2) is 24.3 Å². The van der Waals surface area contributed by atoms with E-state index < -0.39 is 14.3 Å². The van der Waals surface area contributed by atoms with Crippen LogP contribution < -0.4 is 0 Å². The van der Waals surface area contributed by atoms with Gasteiger partial charge in [-0.05, 0) is 47.2 Å². The van der Waals surface area contributed by atoms with Gasteiger partial charge in [0, 0.05) is 14.3 Å². The van der Waals surface area contributed by atoms with Gasteiger partial charge in [0.25, 0.3) is 0 Å². The zero-order valence-corrected chi connectivity index (χ0v) is 10.6. The van der Waals surface area contributed by atoms with Crippen LogP contribution in [0.5, 0.6) is 0 Å². The molecule has 1 unspecified atom stereocenters. The van der Waals surface area contributed by atoms with E-state index in [9.17, 15) is 8.42 Å². The van der Waals surface area contributed by atoms with Gasteiger partial charge in [-0.2, -0.15) is 0 Å². The fourth-order valence-electron chi connectivity index (χ4n) is 0.896. The van der Waals surface area contributed by atoms with Gasteiger partial charge < -0.3 is 0 Å². The predicted molar refractivity (Wildman–Crippen MR) is 62.3 cm³/mol. The second-order valence-corrected chi connectivity index (χ2v) is 6.86.